The molecule has 1 aromatic heterocycles. The number of carbonyl (C=O) groups excluding carboxylic acids is 1. The van der Waals surface area contributed by atoms with Crippen molar-refractivity contribution in [3.63, 3.8) is 0 Å². The minimum absolute atomic E-state index is 0.316. The topological polar surface area (TPSA) is 126 Å². The molecule has 0 saturated heterocycles. The van der Waals surface area contributed by atoms with Crippen LogP contribution in [0.2, 0.25) is 0 Å². The average Bonchev–Trinajstić information content (AvgIpc) is 3.15. The molecule has 8 nitrogen and oxygen atoms in total. The van der Waals surface area contributed by atoms with Crippen molar-refractivity contribution in [3.05, 3.63) is 41.0 Å². The van der Waals surface area contributed by atoms with Crippen molar-refractivity contribution >= 4 is 30.6 Å². The summed E-state index contributed by atoms with van der Waals surface area (Å²) in [4.78, 5) is 11.9. The molecule has 2 heterocycles. The van der Waals surface area contributed by atoms with Crippen molar-refractivity contribution < 1.29 is 14.5 Å². The lowest BCUT2D eigenvalue weighted by atomic mass is 9.76. The summed E-state index contributed by atoms with van der Waals surface area (Å²) < 4.78 is 7.34. The number of primary amides is 1. The number of nitrogens with two attached hydrogens (primary N) is 1. The fourth-order valence-corrected chi connectivity index (χ4v) is 3.71. The van der Waals surface area contributed by atoms with Gasteiger partial charge in [-0.15, -0.1) is 0 Å². The summed E-state index contributed by atoms with van der Waals surface area (Å²) >= 11 is 0. The van der Waals surface area contributed by atoms with Crippen LogP contribution in [0.25, 0.3) is 6.08 Å². The largest absolute Gasteiger partial charge is 0.555 e. The maximum atomic E-state index is 11.9. The summed E-state index contributed by atoms with van der Waals surface area (Å²) in [6.07, 6.45) is 9.39. The third-order valence-electron chi connectivity index (χ3n) is 5.23. The number of fused-ring (bicyclic) bond motifs is 1. The Morgan fingerprint density at radius 2 is 2.10 bits per heavy atom. The highest BCUT2D eigenvalue weighted by atomic mass is 16.5. The van der Waals surface area contributed by atoms with Crippen LogP contribution in [0.15, 0.2) is 29.9 Å². The molecule has 4 rings (SSSR count). The molecule has 0 unspecified atom stereocenters. The fraction of sp³-hybridized carbons (Fsp3) is 0.350. The third-order valence-corrected chi connectivity index (χ3v) is 5.23. The van der Waals surface area contributed by atoms with Gasteiger partial charge in [0, 0.05) is 24.0 Å². The number of rotatable bonds is 4. The molecule has 0 radical (unpaired) electrons. The maximum Gasteiger partial charge on any atom is 0.555 e. The zero-order valence-corrected chi connectivity index (χ0v) is 16.3. The van der Waals surface area contributed by atoms with Gasteiger partial charge in [0.15, 0.2) is 5.82 Å². The smallest absolute Gasteiger partial charge is 0.532 e. The number of nitrogens with zero attached hydrogens (tertiary/aromatic N) is 3. The number of anilines is 2. The molecule has 1 aliphatic carbocycles. The predicted molar refractivity (Wildman–Crippen MR) is 112 cm³/mol. The summed E-state index contributed by atoms with van der Waals surface area (Å²) in [5.41, 5.74) is 8.32. The van der Waals surface area contributed by atoms with Crippen LogP contribution in [0.1, 0.15) is 61.0 Å². The van der Waals surface area contributed by atoms with Crippen LogP contribution in [0.4, 0.5) is 11.5 Å². The van der Waals surface area contributed by atoms with Crippen LogP contribution in [0.5, 0.6) is 5.75 Å². The number of hydrogen-bond donors (Lipinski definition) is 3. The Labute approximate surface area is 170 Å². The zero-order valence-electron chi connectivity index (χ0n) is 16.3. The Morgan fingerprint density at radius 3 is 2.79 bits per heavy atom. The quantitative estimate of drug-likeness (QED) is 0.685. The first-order valence-electron chi connectivity index (χ1n) is 9.60. The van der Waals surface area contributed by atoms with Crippen molar-refractivity contribution in [2.24, 2.45) is 5.73 Å². The van der Waals surface area contributed by atoms with Crippen LogP contribution >= 0.6 is 0 Å². The van der Waals surface area contributed by atoms with Gasteiger partial charge in [-0.1, -0.05) is 25.3 Å². The molecule has 0 atom stereocenters. The van der Waals surface area contributed by atoms with E-state index in [1.807, 2.05) is 29.8 Å². The van der Waals surface area contributed by atoms with Crippen LogP contribution < -0.4 is 15.7 Å². The summed E-state index contributed by atoms with van der Waals surface area (Å²) in [6.45, 7) is 5.31. The van der Waals surface area contributed by atoms with Crippen molar-refractivity contribution in [1.29, 1.82) is 5.26 Å². The Balaban J connectivity index is 0.00000117. The van der Waals surface area contributed by atoms with E-state index in [2.05, 4.69) is 17.0 Å². The molecule has 0 spiro atoms. The van der Waals surface area contributed by atoms with E-state index in [1.165, 1.54) is 19.3 Å². The van der Waals surface area contributed by atoms with Crippen LogP contribution in [-0.2, 0) is 0 Å². The second-order valence-corrected chi connectivity index (χ2v) is 7.26. The number of nitrogens with one attached hydrogen (secondary N) is 1. The van der Waals surface area contributed by atoms with Gasteiger partial charge in [0.05, 0.1) is 6.04 Å². The van der Waals surface area contributed by atoms with E-state index >= 15 is 0 Å². The number of benzene rings is 1. The first-order valence-corrected chi connectivity index (χ1v) is 9.60. The second kappa shape index (κ2) is 8.84. The molecule has 1 saturated carbocycles. The lowest BCUT2D eigenvalue weighted by Crippen LogP contribution is -2.26. The normalized spacial score (nSPS) is 16.0. The van der Waals surface area contributed by atoms with Gasteiger partial charge in [0.1, 0.15) is 11.3 Å². The van der Waals surface area contributed by atoms with Gasteiger partial charge < -0.3 is 20.7 Å². The first-order chi connectivity index (χ1) is 14.0. The summed E-state index contributed by atoms with van der Waals surface area (Å²) in [7, 11) is -0.913. The van der Waals surface area contributed by atoms with Gasteiger partial charge in [-0.3, -0.25) is 9.48 Å². The van der Waals surface area contributed by atoms with Gasteiger partial charge in [-0.2, -0.15) is 5.10 Å². The lowest BCUT2D eigenvalue weighted by molar-refractivity contribution is 0.100. The van der Waals surface area contributed by atoms with Gasteiger partial charge in [0.25, 0.3) is 5.91 Å². The van der Waals surface area contributed by atoms with Crippen molar-refractivity contribution in [3.8, 4) is 12.3 Å². The number of amides is 1. The number of nitriles is 1. The standard InChI is InChI=1S/C19H23BN4O3.CHN/c1-12-9-13-10-14(7-8-17(13)27-20(12)26)22-19-16(18(21)25)11-24(23-19)15-5-3-2-4-6-15;1-2/h7-11,15,26H,2-6H2,1H3,(H2,21,25)(H,22,23);1H. The number of allylic oxidation sites excluding steroid dienone is 1. The molecule has 9 heteroatoms. The maximum absolute atomic E-state index is 11.9. The Bertz CT molecular complexity index is 947. The highest BCUT2D eigenvalue weighted by Gasteiger charge is 2.25. The van der Waals surface area contributed by atoms with Crippen LogP contribution in [0, 0.1) is 11.8 Å². The van der Waals surface area contributed by atoms with Crippen molar-refractivity contribution in [2.45, 2.75) is 45.1 Å². The molecule has 1 aliphatic heterocycles. The average molecular weight is 393 g/mol. The first kappa shape index (κ1) is 20.5. The van der Waals surface area contributed by atoms with E-state index < -0.39 is 13.0 Å². The highest BCUT2D eigenvalue weighted by Crippen LogP contribution is 2.33. The van der Waals surface area contributed by atoms with Crippen molar-refractivity contribution in [2.75, 3.05) is 5.32 Å². The number of carbonyl (C=O) groups is 1. The van der Waals surface area contributed by atoms with Crippen LogP contribution in [-0.4, -0.2) is 27.8 Å². The van der Waals surface area contributed by atoms with E-state index in [1.54, 1.807) is 12.3 Å². The molecular formula is C20H24BN5O3. The SMILES string of the molecule is C#N.CC1=Cc2cc(Nc3nn(C4CCCCC4)cc3C(N)=O)ccc2OB1O. The van der Waals surface area contributed by atoms with E-state index in [-0.39, 0.29) is 0 Å². The van der Waals surface area contributed by atoms with Gasteiger partial charge in [-0.25, -0.2) is 5.26 Å². The Hall–Kier alpha value is -3.25. The molecule has 2 aromatic rings. The van der Waals surface area contributed by atoms with Gasteiger partial charge in [0.2, 0.25) is 0 Å². The second-order valence-electron chi connectivity index (χ2n) is 7.26. The van der Waals surface area contributed by atoms with Crippen LogP contribution in [0.3, 0.4) is 0 Å². The fourth-order valence-electron chi connectivity index (χ4n) is 3.71. The van der Waals surface area contributed by atoms with Gasteiger partial charge in [-0.05, 0) is 43.4 Å². The molecule has 1 aromatic carbocycles. The monoisotopic (exact) mass is 393 g/mol. The van der Waals surface area contributed by atoms with Gasteiger partial charge >= 0.3 is 7.12 Å². The minimum Gasteiger partial charge on any atom is -0.532 e. The highest BCUT2D eigenvalue weighted by molar-refractivity contribution is 6.54. The van der Waals surface area contributed by atoms with E-state index in [0.29, 0.717) is 23.2 Å². The Kier molecular flexibility index (Phi) is 6.24. The van der Waals surface area contributed by atoms with E-state index in [0.717, 1.165) is 29.6 Å². The van der Waals surface area contributed by atoms with E-state index in [9.17, 15) is 9.82 Å². The predicted octanol–water partition coefficient (Wildman–Crippen LogP) is 3.19. The number of aromatic nitrogens is 2. The van der Waals surface area contributed by atoms with E-state index in [4.69, 9.17) is 15.6 Å². The lowest BCUT2D eigenvalue weighted by Gasteiger charge is -2.21. The molecular weight excluding hydrogens is 369 g/mol. The number of hydrogen-bond acceptors (Lipinski definition) is 6. The molecule has 1 fully saturated rings. The minimum atomic E-state index is -0.913. The summed E-state index contributed by atoms with van der Waals surface area (Å²) in [5, 5.41) is 24.1. The third kappa shape index (κ3) is 4.44. The molecule has 4 N–H and O–H groups in total. The molecule has 150 valence electrons. The Morgan fingerprint density at radius 1 is 1.38 bits per heavy atom. The summed E-state index contributed by atoms with van der Waals surface area (Å²) in [5.74, 6) is 0.576. The van der Waals surface area contributed by atoms with Crippen molar-refractivity contribution in [1.82, 2.24) is 9.78 Å². The molecule has 1 amide bonds. The molecule has 29 heavy (non-hydrogen) atoms. The molecule has 2 aliphatic rings. The zero-order chi connectivity index (χ0) is 21.0. The summed E-state index contributed by atoms with van der Waals surface area (Å²) in [6, 6.07) is 5.82. The molecule has 0 bridgehead atoms.